The molecule has 1 aromatic heterocycles. The first kappa shape index (κ1) is 10.8. The summed E-state index contributed by atoms with van der Waals surface area (Å²) in [6.45, 7) is 0.331. The van der Waals surface area contributed by atoms with Crippen LogP contribution in [0.25, 0.3) is 0 Å². The molecule has 6 heteroatoms. The van der Waals surface area contributed by atoms with Gasteiger partial charge in [-0.2, -0.15) is 0 Å². The number of nitrogens with two attached hydrogens (primary N) is 1. The van der Waals surface area contributed by atoms with E-state index in [1.165, 1.54) is 0 Å². The van der Waals surface area contributed by atoms with Crippen LogP contribution in [0, 0.1) is 0 Å². The van der Waals surface area contributed by atoms with Gasteiger partial charge >= 0.3 is 0 Å². The third kappa shape index (κ3) is 2.43. The lowest BCUT2D eigenvalue weighted by molar-refractivity contribution is 0.301. The van der Waals surface area contributed by atoms with E-state index in [0.29, 0.717) is 23.1 Å². The molecule has 0 fully saturated rings. The number of anilines is 1. The van der Waals surface area contributed by atoms with Gasteiger partial charge in [0.15, 0.2) is 0 Å². The number of halogens is 1. The van der Waals surface area contributed by atoms with Crippen molar-refractivity contribution in [1.82, 2.24) is 15.0 Å². The number of nitrogens with zero attached hydrogens (tertiary/aromatic N) is 3. The van der Waals surface area contributed by atoms with Crippen molar-refractivity contribution in [2.24, 2.45) is 7.05 Å². The minimum atomic E-state index is 0.331. The largest absolute Gasteiger partial charge is 0.486 e. The molecule has 0 saturated carbocycles. The Morgan fingerprint density at radius 2 is 2.31 bits per heavy atom. The van der Waals surface area contributed by atoms with E-state index >= 15 is 0 Å². The zero-order chi connectivity index (χ0) is 11.5. The van der Waals surface area contributed by atoms with E-state index in [-0.39, 0.29) is 0 Å². The maximum Gasteiger partial charge on any atom is 0.138 e. The van der Waals surface area contributed by atoms with Crippen molar-refractivity contribution >= 4 is 17.3 Å². The van der Waals surface area contributed by atoms with Crippen molar-refractivity contribution < 1.29 is 4.74 Å². The zero-order valence-corrected chi connectivity index (χ0v) is 9.48. The summed E-state index contributed by atoms with van der Waals surface area (Å²) < 4.78 is 7.10. The predicted molar refractivity (Wildman–Crippen MR) is 61.2 cm³/mol. The molecule has 2 rings (SSSR count). The fourth-order valence-electron chi connectivity index (χ4n) is 1.25. The monoisotopic (exact) mass is 238 g/mol. The summed E-state index contributed by atoms with van der Waals surface area (Å²) in [5.41, 5.74) is 6.93. The van der Waals surface area contributed by atoms with Crippen molar-refractivity contribution in [3.63, 3.8) is 0 Å². The van der Waals surface area contributed by atoms with Gasteiger partial charge in [0.1, 0.15) is 18.1 Å². The van der Waals surface area contributed by atoms with E-state index in [9.17, 15) is 0 Å². The van der Waals surface area contributed by atoms with Crippen molar-refractivity contribution in [3.8, 4) is 5.75 Å². The summed E-state index contributed by atoms with van der Waals surface area (Å²) in [7, 11) is 1.80. The predicted octanol–water partition coefficient (Wildman–Crippen LogP) is 1.63. The van der Waals surface area contributed by atoms with Crippen LogP contribution < -0.4 is 10.5 Å². The fraction of sp³-hybridized carbons (Fsp3) is 0.200. The quantitative estimate of drug-likeness (QED) is 0.826. The number of hydrogen-bond acceptors (Lipinski definition) is 4. The summed E-state index contributed by atoms with van der Waals surface area (Å²) in [6, 6.07) is 5.11. The Balaban J connectivity index is 2.04. The lowest BCUT2D eigenvalue weighted by Gasteiger charge is -2.06. The van der Waals surface area contributed by atoms with Crippen LogP contribution in [0.3, 0.4) is 0 Å². The van der Waals surface area contributed by atoms with Gasteiger partial charge in [-0.25, -0.2) is 0 Å². The van der Waals surface area contributed by atoms with Gasteiger partial charge in [0.05, 0.1) is 11.2 Å². The highest BCUT2D eigenvalue weighted by Gasteiger charge is 2.04. The topological polar surface area (TPSA) is 66.0 Å². The Morgan fingerprint density at radius 3 is 2.94 bits per heavy atom. The molecular formula is C10H11ClN4O. The van der Waals surface area contributed by atoms with Crippen molar-refractivity contribution in [2.75, 3.05) is 5.73 Å². The molecule has 0 aliphatic heterocycles. The standard InChI is InChI=1S/C10H11ClN4O/c1-15-5-8(13-14-15)6-16-10-3-2-7(12)4-9(10)11/h2-5H,6,12H2,1H3. The molecule has 2 N–H and O–H groups in total. The second kappa shape index (κ2) is 4.40. The molecule has 2 aromatic rings. The van der Waals surface area contributed by atoms with E-state index in [0.717, 1.165) is 5.69 Å². The third-order valence-corrected chi connectivity index (χ3v) is 2.28. The highest BCUT2D eigenvalue weighted by molar-refractivity contribution is 6.32. The first-order valence-electron chi connectivity index (χ1n) is 4.68. The molecule has 0 unspecified atom stereocenters. The summed E-state index contributed by atoms with van der Waals surface area (Å²) in [6.07, 6.45) is 1.78. The van der Waals surface area contributed by atoms with Crippen LogP contribution >= 0.6 is 11.6 Å². The number of rotatable bonds is 3. The Kier molecular flexibility index (Phi) is 2.96. The highest BCUT2D eigenvalue weighted by Crippen LogP contribution is 2.26. The lowest BCUT2D eigenvalue weighted by atomic mass is 10.3. The van der Waals surface area contributed by atoms with Crippen LogP contribution in [-0.2, 0) is 13.7 Å². The molecule has 16 heavy (non-hydrogen) atoms. The molecule has 0 aliphatic rings. The van der Waals surface area contributed by atoms with Gasteiger partial charge in [0, 0.05) is 12.7 Å². The molecule has 0 spiro atoms. The van der Waals surface area contributed by atoms with Crippen LogP contribution in [0.1, 0.15) is 5.69 Å². The summed E-state index contributed by atoms with van der Waals surface area (Å²) >= 11 is 5.95. The van der Waals surface area contributed by atoms with E-state index in [1.54, 1.807) is 36.1 Å². The van der Waals surface area contributed by atoms with Crippen LogP contribution in [0.5, 0.6) is 5.75 Å². The summed E-state index contributed by atoms with van der Waals surface area (Å²) in [5.74, 6) is 0.585. The molecule has 0 aliphatic carbocycles. The van der Waals surface area contributed by atoms with Crippen molar-refractivity contribution in [3.05, 3.63) is 35.1 Å². The SMILES string of the molecule is Cn1cc(COc2ccc(N)cc2Cl)nn1. The second-order valence-electron chi connectivity index (χ2n) is 3.36. The van der Waals surface area contributed by atoms with Gasteiger partial charge in [-0.05, 0) is 18.2 Å². The van der Waals surface area contributed by atoms with E-state index in [4.69, 9.17) is 22.1 Å². The average molecular weight is 239 g/mol. The molecule has 5 nitrogen and oxygen atoms in total. The highest BCUT2D eigenvalue weighted by atomic mass is 35.5. The number of benzene rings is 1. The third-order valence-electron chi connectivity index (χ3n) is 1.98. The summed E-state index contributed by atoms with van der Waals surface area (Å²) in [4.78, 5) is 0. The number of ether oxygens (including phenoxy) is 1. The van der Waals surface area contributed by atoms with Crippen molar-refractivity contribution in [1.29, 1.82) is 0 Å². The minimum absolute atomic E-state index is 0.331. The number of nitrogen functional groups attached to an aromatic ring is 1. The van der Waals surface area contributed by atoms with Gasteiger partial charge in [-0.3, -0.25) is 4.68 Å². The Hall–Kier alpha value is -1.75. The normalized spacial score (nSPS) is 10.4. The Morgan fingerprint density at radius 1 is 1.50 bits per heavy atom. The molecule has 84 valence electrons. The van der Waals surface area contributed by atoms with Gasteiger partial charge < -0.3 is 10.5 Å². The molecule has 0 amide bonds. The number of aromatic nitrogens is 3. The molecule has 0 atom stereocenters. The van der Waals surface area contributed by atoms with Gasteiger partial charge in [0.25, 0.3) is 0 Å². The van der Waals surface area contributed by atoms with E-state index in [1.807, 2.05) is 0 Å². The van der Waals surface area contributed by atoms with E-state index in [2.05, 4.69) is 10.3 Å². The molecule has 0 saturated heterocycles. The van der Waals surface area contributed by atoms with Gasteiger partial charge in [-0.1, -0.05) is 16.8 Å². The van der Waals surface area contributed by atoms with Gasteiger partial charge in [-0.15, -0.1) is 5.10 Å². The fourth-order valence-corrected chi connectivity index (χ4v) is 1.49. The average Bonchev–Trinajstić information content (AvgIpc) is 2.63. The molecular weight excluding hydrogens is 228 g/mol. The Labute approximate surface area is 97.8 Å². The maximum absolute atomic E-state index is 5.95. The van der Waals surface area contributed by atoms with Crippen molar-refractivity contribution in [2.45, 2.75) is 6.61 Å². The molecule has 0 radical (unpaired) electrons. The van der Waals surface area contributed by atoms with Crippen LogP contribution in [0.4, 0.5) is 5.69 Å². The second-order valence-corrected chi connectivity index (χ2v) is 3.77. The molecule has 0 bridgehead atoms. The van der Waals surface area contributed by atoms with Crippen LogP contribution in [0.2, 0.25) is 5.02 Å². The Bertz CT molecular complexity index is 497. The summed E-state index contributed by atoms with van der Waals surface area (Å²) in [5, 5.41) is 8.19. The first-order valence-corrected chi connectivity index (χ1v) is 5.06. The molecule has 1 aromatic carbocycles. The van der Waals surface area contributed by atoms with Crippen LogP contribution in [0.15, 0.2) is 24.4 Å². The first-order chi connectivity index (χ1) is 7.65. The van der Waals surface area contributed by atoms with E-state index < -0.39 is 0 Å². The smallest absolute Gasteiger partial charge is 0.138 e. The molecule has 1 heterocycles. The number of hydrogen-bond donors (Lipinski definition) is 1. The maximum atomic E-state index is 5.95. The zero-order valence-electron chi connectivity index (χ0n) is 8.72. The van der Waals surface area contributed by atoms with Gasteiger partial charge in [0.2, 0.25) is 0 Å². The number of aryl methyl sites for hydroxylation is 1. The lowest BCUT2D eigenvalue weighted by Crippen LogP contribution is -1.97. The van der Waals surface area contributed by atoms with Crippen LogP contribution in [-0.4, -0.2) is 15.0 Å². The minimum Gasteiger partial charge on any atom is -0.486 e.